The first-order chi connectivity index (χ1) is 16.5. The molecule has 0 bridgehead atoms. The van der Waals surface area contributed by atoms with E-state index in [1.807, 2.05) is 6.92 Å². The second kappa shape index (κ2) is 9.28. The summed E-state index contributed by atoms with van der Waals surface area (Å²) in [5, 5.41) is 30.8. The second-order valence-electron chi connectivity index (χ2n) is 11.2. The molecule has 4 rings (SSSR count). The number of ketones is 2. The van der Waals surface area contributed by atoms with Crippen LogP contribution in [0.25, 0.3) is 0 Å². The summed E-state index contributed by atoms with van der Waals surface area (Å²) < 4.78 is 5.86. The number of carbonyl (C=O) groups is 3. The number of rotatable bonds is 8. The molecule has 7 atom stereocenters. The Morgan fingerprint density at radius 2 is 1.97 bits per heavy atom. The molecule has 194 valence electrons. The summed E-state index contributed by atoms with van der Waals surface area (Å²) in [7, 11) is 0. The van der Waals surface area contributed by atoms with Gasteiger partial charge in [0, 0.05) is 18.3 Å². The molecule has 0 amide bonds. The third kappa shape index (κ3) is 4.08. The zero-order chi connectivity index (χ0) is 25.6. The first-order valence-electron chi connectivity index (χ1n) is 12.5. The molecule has 2 unspecified atom stereocenters. The van der Waals surface area contributed by atoms with Gasteiger partial charge in [-0.3, -0.25) is 14.4 Å². The molecule has 0 radical (unpaired) electrons. The first-order valence-corrected chi connectivity index (χ1v) is 12.5. The number of allylic oxidation sites excluding steroid dienone is 1. The molecule has 0 spiro atoms. The summed E-state index contributed by atoms with van der Waals surface area (Å²) in [5.74, 6) is -1.07. The van der Waals surface area contributed by atoms with Gasteiger partial charge < -0.3 is 19.8 Å². The quantitative estimate of drug-likeness (QED) is 0.224. The minimum atomic E-state index is -1.56. The van der Waals surface area contributed by atoms with Crippen molar-refractivity contribution in [3.8, 4) is 0 Å². The van der Waals surface area contributed by atoms with Gasteiger partial charge in [0.25, 0.3) is 5.09 Å². The Hall–Kier alpha value is -2.33. The summed E-state index contributed by atoms with van der Waals surface area (Å²) in [6, 6.07) is 0. The largest absolute Gasteiger partial charge is 0.450 e. The average molecular weight is 494 g/mol. The number of nitrogens with zero attached hydrogens (tertiary/aromatic N) is 1. The van der Waals surface area contributed by atoms with E-state index in [1.54, 1.807) is 6.08 Å². The number of hydrogen-bond donors (Lipinski definition) is 2. The van der Waals surface area contributed by atoms with Crippen LogP contribution in [-0.4, -0.2) is 57.8 Å². The van der Waals surface area contributed by atoms with E-state index in [0.29, 0.717) is 19.3 Å². The highest BCUT2D eigenvalue weighted by molar-refractivity contribution is 5.92. The van der Waals surface area contributed by atoms with Gasteiger partial charge >= 0.3 is 5.97 Å². The fourth-order valence-corrected chi connectivity index (χ4v) is 8.09. The van der Waals surface area contributed by atoms with Crippen molar-refractivity contribution in [3.05, 3.63) is 21.8 Å². The number of ether oxygens (including phenoxy) is 1. The van der Waals surface area contributed by atoms with Gasteiger partial charge in [0.1, 0.15) is 6.61 Å². The lowest BCUT2D eigenvalue weighted by Crippen LogP contribution is -2.63. The van der Waals surface area contributed by atoms with Gasteiger partial charge in [-0.15, -0.1) is 10.1 Å². The van der Waals surface area contributed by atoms with E-state index >= 15 is 0 Å². The smallest absolute Gasteiger partial charge is 0.306 e. The fourth-order valence-electron chi connectivity index (χ4n) is 8.09. The van der Waals surface area contributed by atoms with Crippen molar-refractivity contribution in [1.82, 2.24) is 0 Å². The summed E-state index contributed by atoms with van der Waals surface area (Å²) >= 11 is 0. The highest BCUT2D eigenvalue weighted by Gasteiger charge is 2.70. The number of aliphatic hydroxyl groups is 2. The second-order valence-corrected chi connectivity index (χ2v) is 11.2. The van der Waals surface area contributed by atoms with Crippen LogP contribution in [0, 0.1) is 38.7 Å². The SMILES string of the molecule is C[C@]12CCC(=O)C=C1CCC1C3CC[C@](OC(=O)CCCO[N+](=O)[O-])(C(=O)CO)[C@@]3(C)C[C@H](O)[C@@H]12. The van der Waals surface area contributed by atoms with Gasteiger partial charge in [-0.05, 0) is 74.2 Å². The molecule has 0 aromatic rings. The predicted molar refractivity (Wildman–Crippen MR) is 121 cm³/mol. The van der Waals surface area contributed by atoms with Crippen LogP contribution < -0.4 is 0 Å². The molecule has 10 nitrogen and oxygen atoms in total. The number of aliphatic hydroxyl groups excluding tert-OH is 2. The van der Waals surface area contributed by atoms with Crippen LogP contribution in [0.5, 0.6) is 0 Å². The molecule has 0 heterocycles. The first kappa shape index (κ1) is 25.8. The normalized spacial score (nSPS) is 40.1. The Morgan fingerprint density at radius 3 is 2.66 bits per heavy atom. The molecule has 0 saturated heterocycles. The fraction of sp³-hybridized carbons (Fsp3) is 0.800. The lowest BCUT2D eigenvalue weighted by molar-refractivity contribution is -0.757. The Labute approximate surface area is 204 Å². The van der Waals surface area contributed by atoms with Crippen molar-refractivity contribution in [2.75, 3.05) is 13.2 Å². The standard InChI is InChI=1S/C25H35NO9/c1-23-9-7-16(28)12-15(23)5-6-17-18-8-10-25(20(30)14-27,24(18,2)13-19(29)22(17)23)35-21(31)4-3-11-34-26(32)33/h12,17-19,22,27,29H,3-11,13-14H2,1-2H3/t17?,18?,19-,22+,23-,24-,25-/m0/s1. The molecule has 10 heteroatoms. The van der Waals surface area contributed by atoms with E-state index < -0.39 is 40.6 Å². The predicted octanol–water partition coefficient (Wildman–Crippen LogP) is 2.32. The van der Waals surface area contributed by atoms with E-state index in [9.17, 15) is 34.7 Å². The summed E-state index contributed by atoms with van der Waals surface area (Å²) in [6.45, 7) is 2.99. The Balaban J connectivity index is 1.60. The number of fused-ring (bicyclic) bond motifs is 5. The van der Waals surface area contributed by atoms with E-state index in [-0.39, 0.29) is 61.2 Å². The minimum absolute atomic E-state index is 0.00743. The molecule has 0 aliphatic heterocycles. The van der Waals surface area contributed by atoms with Gasteiger partial charge in [-0.25, -0.2) is 0 Å². The van der Waals surface area contributed by atoms with Gasteiger partial charge in [-0.1, -0.05) is 19.4 Å². The third-order valence-electron chi connectivity index (χ3n) is 9.62. The van der Waals surface area contributed by atoms with Crippen molar-refractivity contribution in [2.24, 2.45) is 28.6 Å². The Morgan fingerprint density at radius 1 is 1.23 bits per heavy atom. The molecule has 0 aromatic heterocycles. The van der Waals surface area contributed by atoms with Crippen LogP contribution >= 0.6 is 0 Å². The van der Waals surface area contributed by atoms with Crippen LogP contribution in [0.15, 0.2) is 11.6 Å². The summed E-state index contributed by atoms with van der Waals surface area (Å²) in [6.07, 6.45) is 4.75. The molecule has 0 aromatic carbocycles. The molecule has 4 aliphatic rings. The number of carbonyl (C=O) groups excluding carboxylic acids is 3. The van der Waals surface area contributed by atoms with Crippen molar-refractivity contribution in [1.29, 1.82) is 0 Å². The minimum Gasteiger partial charge on any atom is -0.450 e. The maximum Gasteiger partial charge on any atom is 0.306 e. The van der Waals surface area contributed by atoms with Crippen LogP contribution in [0.3, 0.4) is 0 Å². The number of esters is 1. The Kier molecular flexibility index (Phi) is 6.83. The molecule has 3 fully saturated rings. The zero-order valence-corrected chi connectivity index (χ0v) is 20.4. The molecule has 2 N–H and O–H groups in total. The van der Waals surface area contributed by atoms with Crippen LogP contribution in [-0.2, 0) is 24.0 Å². The molecule has 4 aliphatic carbocycles. The van der Waals surface area contributed by atoms with Crippen molar-refractivity contribution in [2.45, 2.75) is 83.3 Å². The van der Waals surface area contributed by atoms with Gasteiger partial charge in [0.05, 0.1) is 12.7 Å². The Bertz CT molecular complexity index is 947. The zero-order valence-electron chi connectivity index (χ0n) is 20.4. The highest BCUT2D eigenvalue weighted by atomic mass is 16.9. The molecule has 35 heavy (non-hydrogen) atoms. The number of hydrogen-bond acceptors (Lipinski definition) is 9. The van der Waals surface area contributed by atoms with Gasteiger partial charge in [0.15, 0.2) is 11.4 Å². The molecule has 3 saturated carbocycles. The molecular formula is C25H35NO9. The topological polar surface area (TPSA) is 153 Å². The van der Waals surface area contributed by atoms with Crippen molar-refractivity contribution >= 4 is 17.5 Å². The van der Waals surface area contributed by atoms with Crippen molar-refractivity contribution in [3.63, 3.8) is 0 Å². The lowest BCUT2D eigenvalue weighted by Gasteiger charge is -2.60. The molecular weight excluding hydrogens is 458 g/mol. The van der Waals surface area contributed by atoms with Gasteiger partial charge in [0.2, 0.25) is 5.78 Å². The maximum absolute atomic E-state index is 13.2. The van der Waals surface area contributed by atoms with Crippen LogP contribution in [0.4, 0.5) is 0 Å². The maximum atomic E-state index is 13.2. The third-order valence-corrected chi connectivity index (χ3v) is 9.62. The van der Waals surface area contributed by atoms with E-state index in [0.717, 1.165) is 18.4 Å². The highest BCUT2D eigenvalue weighted by Crippen LogP contribution is 2.68. The van der Waals surface area contributed by atoms with Crippen LogP contribution in [0.1, 0.15) is 71.6 Å². The summed E-state index contributed by atoms with van der Waals surface area (Å²) in [4.78, 5) is 52.5. The summed E-state index contributed by atoms with van der Waals surface area (Å²) in [5.41, 5.74) is -1.59. The van der Waals surface area contributed by atoms with Gasteiger partial charge in [-0.2, -0.15) is 0 Å². The van der Waals surface area contributed by atoms with E-state index in [2.05, 4.69) is 11.8 Å². The van der Waals surface area contributed by atoms with E-state index in [4.69, 9.17) is 4.74 Å². The number of Topliss-reactive ketones (excluding diaryl/α,β-unsaturated/α-hetero) is 1. The monoisotopic (exact) mass is 493 g/mol. The van der Waals surface area contributed by atoms with Crippen molar-refractivity contribution < 1.29 is 39.3 Å². The lowest BCUT2D eigenvalue weighted by atomic mass is 9.45. The van der Waals surface area contributed by atoms with E-state index in [1.165, 1.54) is 0 Å². The van der Waals surface area contributed by atoms with Crippen LogP contribution in [0.2, 0.25) is 0 Å². The average Bonchev–Trinajstić information content (AvgIpc) is 3.08.